The van der Waals surface area contributed by atoms with E-state index in [0.717, 1.165) is 22.6 Å². The lowest BCUT2D eigenvalue weighted by molar-refractivity contribution is 1.24. The van der Waals surface area contributed by atoms with E-state index in [0.29, 0.717) is 0 Å². The molecule has 3 heterocycles. The highest BCUT2D eigenvalue weighted by Gasteiger charge is 2.02. The number of aromatic nitrogens is 4. The summed E-state index contributed by atoms with van der Waals surface area (Å²) in [6.07, 6.45) is 5.46. The Morgan fingerprint density at radius 2 is 2.07 bits per heavy atom. The Labute approximate surface area is 80.0 Å². The van der Waals surface area contributed by atoms with Crippen molar-refractivity contribution in [2.24, 2.45) is 0 Å². The molecule has 3 aromatic rings. The largest absolute Gasteiger partial charge is 0.360 e. The van der Waals surface area contributed by atoms with Gasteiger partial charge in [-0.25, -0.2) is 9.97 Å². The van der Waals surface area contributed by atoms with Crippen LogP contribution in [-0.4, -0.2) is 19.9 Å². The predicted octanol–water partition coefficient (Wildman–Crippen LogP) is 1.95. The van der Waals surface area contributed by atoms with Crippen molar-refractivity contribution in [3.8, 4) is 11.4 Å². The minimum atomic E-state index is 0.820. The van der Waals surface area contributed by atoms with Gasteiger partial charge in [0.05, 0.1) is 11.9 Å². The first kappa shape index (κ1) is 7.32. The molecule has 14 heavy (non-hydrogen) atoms. The van der Waals surface area contributed by atoms with Gasteiger partial charge in [-0.05, 0) is 18.2 Å². The topological polar surface area (TPSA) is 57.4 Å². The van der Waals surface area contributed by atoms with Crippen LogP contribution in [0.1, 0.15) is 0 Å². The van der Waals surface area contributed by atoms with E-state index in [-0.39, 0.29) is 0 Å². The van der Waals surface area contributed by atoms with Crippen LogP contribution in [0.3, 0.4) is 0 Å². The van der Waals surface area contributed by atoms with Crippen LogP contribution in [0.4, 0.5) is 0 Å². The van der Waals surface area contributed by atoms with Gasteiger partial charge in [-0.15, -0.1) is 0 Å². The van der Waals surface area contributed by atoms with Crippen LogP contribution in [-0.2, 0) is 0 Å². The molecule has 0 saturated heterocycles. The Morgan fingerprint density at radius 1 is 1.07 bits per heavy atom. The molecule has 2 N–H and O–H groups in total. The molecule has 0 aliphatic rings. The first-order valence-corrected chi connectivity index (χ1v) is 4.37. The van der Waals surface area contributed by atoms with E-state index < -0.39 is 0 Å². The smallest absolute Gasteiger partial charge is 0.156 e. The third-order valence-corrected chi connectivity index (χ3v) is 2.13. The number of nitrogens with zero attached hydrogens (tertiary/aromatic N) is 2. The van der Waals surface area contributed by atoms with Gasteiger partial charge in [0.1, 0.15) is 11.2 Å². The fourth-order valence-corrected chi connectivity index (χ4v) is 1.45. The van der Waals surface area contributed by atoms with Gasteiger partial charge in [-0.2, -0.15) is 0 Å². The van der Waals surface area contributed by atoms with Crippen molar-refractivity contribution in [2.45, 2.75) is 0 Å². The molecular weight excluding hydrogens is 176 g/mol. The number of H-pyrrole nitrogens is 2. The summed E-state index contributed by atoms with van der Waals surface area (Å²) < 4.78 is 0. The highest BCUT2D eigenvalue weighted by molar-refractivity contribution is 5.73. The molecule has 4 heteroatoms. The second-order valence-electron chi connectivity index (χ2n) is 3.05. The van der Waals surface area contributed by atoms with E-state index in [2.05, 4.69) is 19.9 Å². The minimum Gasteiger partial charge on any atom is -0.360 e. The lowest BCUT2D eigenvalue weighted by Gasteiger charge is -1.95. The van der Waals surface area contributed by atoms with E-state index in [1.165, 1.54) is 0 Å². The van der Waals surface area contributed by atoms with Crippen LogP contribution >= 0.6 is 0 Å². The molecule has 0 fully saturated rings. The highest BCUT2D eigenvalue weighted by Crippen LogP contribution is 2.15. The zero-order valence-electron chi connectivity index (χ0n) is 7.36. The van der Waals surface area contributed by atoms with Crippen molar-refractivity contribution in [3.63, 3.8) is 0 Å². The number of hydrogen-bond acceptors (Lipinski definition) is 2. The average molecular weight is 184 g/mol. The first-order chi connectivity index (χ1) is 6.93. The maximum absolute atomic E-state index is 4.45. The van der Waals surface area contributed by atoms with Gasteiger partial charge in [0, 0.05) is 12.4 Å². The lowest BCUT2D eigenvalue weighted by atomic mass is 10.3. The monoisotopic (exact) mass is 184 g/mol. The number of aromatic amines is 2. The molecule has 3 aromatic heterocycles. The maximum atomic E-state index is 4.45. The summed E-state index contributed by atoms with van der Waals surface area (Å²) in [7, 11) is 0. The van der Waals surface area contributed by atoms with Crippen LogP contribution in [0.2, 0.25) is 0 Å². The Kier molecular flexibility index (Phi) is 1.41. The molecule has 3 rings (SSSR count). The fraction of sp³-hybridized carbons (Fsp3) is 0. The highest BCUT2D eigenvalue weighted by atomic mass is 14.9. The summed E-state index contributed by atoms with van der Waals surface area (Å²) in [5.74, 6) is 0. The van der Waals surface area contributed by atoms with Crippen molar-refractivity contribution < 1.29 is 0 Å². The minimum absolute atomic E-state index is 0.820. The second kappa shape index (κ2) is 2.70. The van der Waals surface area contributed by atoms with Gasteiger partial charge >= 0.3 is 0 Å². The second-order valence-corrected chi connectivity index (χ2v) is 3.05. The van der Waals surface area contributed by atoms with E-state index in [1.807, 2.05) is 30.6 Å². The van der Waals surface area contributed by atoms with Crippen LogP contribution in [0, 0.1) is 0 Å². The van der Waals surface area contributed by atoms with E-state index >= 15 is 0 Å². The van der Waals surface area contributed by atoms with Gasteiger partial charge in [-0.3, -0.25) is 0 Å². The lowest BCUT2D eigenvalue weighted by Crippen LogP contribution is -1.86. The normalized spacial score (nSPS) is 10.9. The van der Waals surface area contributed by atoms with Gasteiger partial charge in [0.25, 0.3) is 0 Å². The molecule has 68 valence electrons. The first-order valence-electron chi connectivity index (χ1n) is 4.37. The Bertz CT molecular complexity index is 550. The van der Waals surface area contributed by atoms with Crippen molar-refractivity contribution in [1.82, 2.24) is 19.9 Å². The Balaban J connectivity index is 2.23. The summed E-state index contributed by atoms with van der Waals surface area (Å²) in [5.41, 5.74) is 3.56. The van der Waals surface area contributed by atoms with Crippen molar-refractivity contribution in [2.75, 3.05) is 0 Å². The molecule has 0 aliphatic carbocycles. The number of nitrogens with one attached hydrogen (secondary N) is 2. The molecule has 0 radical (unpaired) electrons. The van der Waals surface area contributed by atoms with Crippen molar-refractivity contribution in [1.29, 1.82) is 0 Å². The molecule has 0 aromatic carbocycles. The fourth-order valence-electron chi connectivity index (χ4n) is 1.45. The quantitative estimate of drug-likeness (QED) is 0.607. The summed E-state index contributed by atoms with van der Waals surface area (Å²) in [6.45, 7) is 0. The van der Waals surface area contributed by atoms with Gasteiger partial charge < -0.3 is 9.97 Å². The summed E-state index contributed by atoms with van der Waals surface area (Å²) in [5, 5.41) is 0. The molecule has 0 unspecified atom stereocenters. The van der Waals surface area contributed by atoms with Gasteiger partial charge in [0.2, 0.25) is 0 Å². The molecule has 0 aliphatic heterocycles. The molecule has 0 spiro atoms. The van der Waals surface area contributed by atoms with Gasteiger partial charge in [-0.1, -0.05) is 0 Å². The third kappa shape index (κ3) is 1.01. The Hall–Kier alpha value is -2.10. The van der Waals surface area contributed by atoms with Crippen LogP contribution in [0.15, 0.2) is 36.8 Å². The third-order valence-electron chi connectivity index (χ3n) is 2.13. The molecule has 0 saturated carbocycles. The average Bonchev–Trinajstić information content (AvgIpc) is 2.88. The van der Waals surface area contributed by atoms with Crippen molar-refractivity contribution >= 4 is 11.2 Å². The molecule has 0 atom stereocenters. The standard InChI is InChI=1S/C10H8N4/c1-2-7(11-4-1)9-6-13-10-8(14-9)3-5-12-10/h1-6,11H,(H,12,13). The Morgan fingerprint density at radius 3 is 2.93 bits per heavy atom. The maximum Gasteiger partial charge on any atom is 0.156 e. The molecule has 0 bridgehead atoms. The van der Waals surface area contributed by atoms with E-state index in [4.69, 9.17) is 0 Å². The van der Waals surface area contributed by atoms with Crippen LogP contribution in [0.25, 0.3) is 22.6 Å². The zero-order valence-corrected chi connectivity index (χ0v) is 7.36. The van der Waals surface area contributed by atoms with E-state index in [1.54, 1.807) is 6.20 Å². The number of fused-ring (bicyclic) bond motifs is 1. The SMILES string of the molecule is c1c[nH]c(-c2cnc3[nH]ccc3n2)c1. The molecule has 4 nitrogen and oxygen atoms in total. The zero-order chi connectivity index (χ0) is 9.38. The molecule has 0 amide bonds. The predicted molar refractivity (Wildman–Crippen MR) is 53.7 cm³/mol. The van der Waals surface area contributed by atoms with Crippen LogP contribution < -0.4 is 0 Å². The summed E-state index contributed by atoms with van der Waals surface area (Å²) in [4.78, 5) is 14.8. The summed E-state index contributed by atoms with van der Waals surface area (Å²) in [6, 6.07) is 5.83. The van der Waals surface area contributed by atoms with Crippen molar-refractivity contribution in [3.05, 3.63) is 36.8 Å². The van der Waals surface area contributed by atoms with E-state index in [9.17, 15) is 0 Å². The van der Waals surface area contributed by atoms with Gasteiger partial charge in [0.15, 0.2) is 5.65 Å². The summed E-state index contributed by atoms with van der Waals surface area (Å²) >= 11 is 0. The number of hydrogen-bond donors (Lipinski definition) is 2. The van der Waals surface area contributed by atoms with Crippen LogP contribution in [0.5, 0.6) is 0 Å². The number of rotatable bonds is 1. The molecular formula is C10H8N4.